The van der Waals surface area contributed by atoms with Gasteiger partial charge in [0, 0.05) is 98.8 Å². The predicted molar refractivity (Wildman–Crippen MR) is 316 cm³/mol. The van der Waals surface area contributed by atoms with Crippen molar-refractivity contribution in [2.75, 3.05) is 56.2 Å². The van der Waals surface area contributed by atoms with Crippen molar-refractivity contribution in [2.45, 2.75) is 90.3 Å². The molecule has 5 heterocycles. The summed E-state index contributed by atoms with van der Waals surface area (Å²) in [5, 5.41) is 14.3. The summed E-state index contributed by atoms with van der Waals surface area (Å²) >= 11 is 0. The number of aromatic amines is 1. The van der Waals surface area contributed by atoms with E-state index in [1.54, 1.807) is 67.7 Å². The fourth-order valence-corrected chi connectivity index (χ4v) is 15.5. The summed E-state index contributed by atoms with van der Waals surface area (Å²) in [7, 11) is -24.6. The second kappa shape index (κ2) is 25.1. The van der Waals surface area contributed by atoms with E-state index >= 15 is 0 Å². The van der Waals surface area contributed by atoms with E-state index in [-0.39, 0.29) is 43.5 Å². The molecule has 0 spiro atoms. The number of aliphatic hydroxyl groups excluding tert-OH is 1. The topological polar surface area (TPSA) is 418 Å². The molecule has 5 atom stereocenters. The van der Waals surface area contributed by atoms with Gasteiger partial charge in [0.1, 0.15) is 41.9 Å². The molecule has 29 nitrogen and oxygen atoms in total. The van der Waals surface area contributed by atoms with Crippen LogP contribution >= 0.6 is 23.5 Å². The average Bonchev–Trinajstić information content (AvgIpc) is 1.15. The Balaban J connectivity index is 1.01. The van der Waals surface area contributed by atoms with E-state index in [2.05, 4.69) is 32.9 Å². The lowest BCUT2D eigenvalue weighted by Gasteiger charge is -2.43. The van der Waals surface area contributed by atoms with Crippen LogP contribution in [0.25, 0.3) is 22.8 Å². The van der Waals surface area contributed by atoms with Crippen LogP contribution in [0.4, 0.5) is 5.69 Å². The minimum atomic E-state index is -5.83. The van der Waals surface area contributed by atoms with Gasteiger partial charge >= 0.3 is 29.2 Å². The second-order valence-corrected chi connectivity index (χ2v) is 29.3. The van der Waals surface area contributed by atoms with Crippen molar-refractivity contribution in [3.63, 3.8) is 0 Å². The van der Waals surface area contributed by atoms with Gasteiger partial charge in [-0.15, -0.1) is 0 Å². The molecule has 87 heavy (non-hydrogen) atoms. The largest absolute Gasteiger partial charge is 0.490 e. The molecule has 4 aliphatic heterocycles. The van der Waals surface area contributed by atoms with E-state index in [0.29, 0.717) is 79.8 Å². The number of aliphatic hydroxyl groups is 1. The summed E-state index contributed by atoms with van der Waals surface area (Å²) in [5.41, 5.74) is 0.390. The zero-order chi connectivity index (χ0) is 64.1. The van der Waals surface area contributed by atoms with Crippen LogP contribution in [0.3, 0.4) is 0 Å². The van der Waals surface area contributed by atoms with Gasteiger partial charge in [-0.2, -0.15) is 25.5 Å². The highest BCUT2D eigenvalue weighted by molar-refractivity contribution is 7.86. The number of ether oxygens (including phenoxy) is 2. The van der Waals surface area contributed by atoms with Crippen molar-refractivity contribution in [3.05, 3.63) is 138 Å². The minimum Gasteiger partial charge on any atom is -0.456 e. The normalized spacial score (nSPS) is 20.3. The minimum absolute atomic E-state index is 0.0647. The Kier molecular flexibility index (Phi) is 19.3. The number of aromatic nitrogens is 2. The number of likely N-dealkylation sites (N-methyl/N-ethyl adjacent to an activating group) is 2. The zero-order valence-electron chi connectivity index (χ0n) is 47.9. The van der Waals surface area contributed by atoms with E-state index in [4.69, 9.17) is 19.3 Å². The van der Waals surface area contributed by atoms with Gasteiger partial charge in [0.25, 0.3) is 31.7 Å². The highest BCUT2D eigenvalue weighted by Gasteiger charge is 2.44. The smallest absolute Gasteiger partial charge is 0.456 e. The highest BCUT2D eigenvalue weighted by atomic mass is 32.2. The maximum Gasteiger partial charge on any atom is 0.490 e. The number of benzene rings is 3. The number of nitrogens with one attached hydrogen (secondary N) is 2. The number of fused-ring (bicyclic) bond motifs is 4. The number of nitrogens with zero attached hydrogens (tertiary/aromatic N) is 4. The average molecular weight is 1310 g/mol. The van der Waals surface area contributed by atoms with Gasteiger partial charge in [-0.3, -0.25) is 37.6 Å². The van der Waals surface area contributed by atoms with Crippen LogP contribution in [0, 0.1) is 0 Å². The van der Waals surface area contributed by atoms with Gasteiger partial charge in [0.05, 0.1) is 35.4 Å². The standard InChI is InChI=1S/C53H65N6O23P3S2/c1-8-58-40-22-43-38(20-36(40)32(25-52(58,3)4)29-86(72,73)74)48(39-21-37-33(30-87(75,76)77)26-53(5,6)59(9-2)41(37)23-44(39)79-43)34-15-10-11-16-35(34)50(63)56(7)19-13-17-46(61)54-18-12-14-31-27-57(51(64)55-49(31)62)47-24-42(60)45(80-47)28-78-84(68,69)82-85(70,71)81-83(65,66)67/h10-12,14-16,20-23,25-27,42,45,47,60H,8-9,13,17-19,24,28-30H2,1-7H3,(H7-,54,55,61,62,64,65,66,67,68,69,70,71,72,73,74,75,76,77)/p+1/b14-12+/t42-,45+,47+/m0/s1. The van der Waals surface area contributed by atoms with Crippen LogP contribution in [0.15, 0.2) is 82.5 Å². The van der Waals surface area contributed by atoms with E-state index < -0.39 is 114 Å². The van der Waals surface area contributed by atoms with Gasteiger partial charge in [-0.1, -0.05) is 36.4 Å². The molecule has 1 aromatic heterocycles. The molecule has 0 radical (unpaired) electrons. The molecule has 0 aliphatic carbocycles. The monoisotopic (exact) mass is 1310 g/mol. The number of carbonyl (C=O) groups excluding carboxylic acids is 2. The molecule has 4 aliphatic rings. The van der Waals surface area contributed by atoms with E-state index in [9.17, 15) is 73.7 Å². The third-order valence-electron chi connectivity index (χ3n) is 14.7. The summed E-state index contributed by atoms with van der Waals surface area (Å²) in [4.78, 5) is 95.7. The SMILES string of the molecule is CCN1c2cc3c(cc2C(CS(=O)(=O)O)=CC1(C)C)C(c1ccccc1C(=O)N(C)CCCC(=O)NC/C=C/c1cn([C@H]2C[C@H](O)[C@@H](COP(=O)(O)OP(=O)(O)OP(=O)(O)O)O2)c(=O)[nH]c1=O)=c1cc2c(cc1O3)=[N+](CC)C(C)(C)C=C2CS(=O)(=O)O. The lowest BCUT2D eigenvalue weighted by Crippen LogP contribution is -2.50. The van der Waals surface area contributed by atoms with Crippen molar-refractivity contribution in [3.8, 4) is 11.5 Å². The summed E-state index contributed by atoms with van der Waals surface area (Å²) in [6.45, 7) is 11.5. The van der Waals surface area contributed by atoms with Crippen LogP contribution in [-0.2, 0) is 56.6 Å². The third kappa shape index (κ3) is 15.7. The fraction of sp³-hybridized carbons (Fsp3) is 0.415. The fourth-order valence-electron chi connectivity index (χ4n) is 11.2. The lowest BCUT2D eigenvalue weighted by molar-refractivity contribution is -0.121. The number of amides is 2. The molecule has 0 saturated carbocycles. The first kappa shape index (κ1) is 66.9. The number of hydrogen-bond acceptors (Lipinski definition) is 18. The van der Waals surface area contributed by atoms with Crippen LogP contribution in [0.2, 0.25) is 0 Å². The highest BCUT2D eigenvalue weighted by Crippen LogP contribution is 2.66. The molecule has 3 aromatic carbocycles. The number of H-pyrrole nitrogens is 1. The Morgan fingerprint density at radius 2 is 1.55 bits per heavy atom. The first-order valence-electron chi connectivity index (χ1n) is 26.9. The number of phosphoric ester groups is 1. The predicted octanol–water partition coefficient (Wildman–Crippen LogP) is 3.03. The van der Waals surface area contributed by atoms with Gasteiger partial charge in [0.2, 0.25) is 11.3 Å². The summed E-state index contributed by atoms with van der Waals surface area (Å²) in [5.74, 6) is -1.59. The summed E-state index contributed by atoms with van der Waals surface area (Å²) < 4.78 is 133. The van der Waals surface area contributed by atoms with Crippen molar-refractivity contribution in [1.29, 1.82) is 0 Å². The quantitative estimate of drug-likeness (QED) is 0.0258. The van der Waals surface area contributed by atoms with E-state index in [1.165, 1.54) is 17.1 Å². The van der Waals surface area contributed by atoms with Gasteiger partial charge < -0.3 is 49.3 Å². The maximum atomic E-state index is 14.8. The Bertz CT molecular complexity index is 4210. The first-order valence-corrected chi connectivity index (χ1v) is 34.6. The van der Waals surface area contributed by atoms with Crippen molar-refractivity contribution >= 4 is 84.0 Å². The number of carbonyl (C=O) groups is 2. The van der Waals surface area contributed by atoms with Gasteiger partial charge in [-0.05, 0) is 75.1 Å². The molecular weight excluding hydrogens is 1250 g/mol. The van der Waals surface area contributed by atoms with Crippen LogP contribution < -0.4 is 41.4 Å². The maximum absolute atomic E-state index is 14.8. The molecular formula is C53H66N6O23P3S2+. The molecule has 2 amide bonds. The Labute approximate surface area is 498 Å². The number of hydrogen-bond donors (Lipinski definition) is 9. The summed E-state index contributed by atoms with van der Waals surface area (Å²) in [6, 6.07) is 13.9. The number of anilines is 1. The molecule has 9 N–H and O–H groups in total. The number of phosphoric acid groups is 3. The van der Waals surface area contributed by atoms with Crippen molar-refractivity contribution < 1.29 is 96.5 Å². The Morgan fingerprint density at radius 1 is 0.885 bits per heavy atom. The molecule has 0 bridgehead atoms. The zero-order valence-corrected chi connectivity index (χ0v) is 52.2. The van der Waals surface area contributed by atoms with E-state index in [0.717, 1.165) is 10.8 Å². The molecule has 34 heteroatoms. The third-order valence-corrected chi connectivity index (χ3v) is 19.8. The lowest BCUT2D eigenvalue weighted by atomic mass is 9.83. The molecule has 8 rings (SSSR count). The van der Waals surface area contributed by atoms with Crippen LogP contribution in [-0.4, -0.2) is 152 Å². The second-order valence-electron chi connectivity index (χ2n) is 21.9. The van der Waals surface area contributed by atoms with Crippen molar-refractivity contribution in [1.82, 2.24) is 24.3 Å². The molecule has 4 aromatic rings. The van der Waals surface area contributed by atoms with Crippen molar-refractivity contribution in [2.24, 2.45) is 0 Å². The number of rotatable bonds is 23. The van der Waals surface area contributed by atoms with Gasteiger partial charge in [-0.25, -0.2) is 23.1 Å². The first-order chi connectivity index (χ1) is 40.3. The molecule has 1 saturated heterocycles. The molecule has 1 fully saturated rings. The molecule has 472 valence electrons. The van der Waals surface area contributed by atoms with Gasteiger partial charge in [0.15, 0.2) is 5.54 Å². The van der Waals surface area contributed by atoms with E-state index in [1.807, 2.05) is 41.5 Å². The molecule has 2 unspecified atom stereocenters. The summed E-state index contributed by atoms with van der Waals surface area (Å²) in [6.07, 6.45) is 2.80. The Morgan fingerprint density at radius 3 is 2.20 bits per heavy atom. The van der Waals surface area contributed by atoms with Crippen LogP contribution in [0.1, 0.15) is 105 Å². The Hall–Kier alpha value is -6.08. The van der Waals surface area contributed by atoms with Crippen LogP contribution in [0.5, 0.6) is 11.5 Å².